The number of ether oxygens (including phenoxy) is 1. The van der Waals surface area contributed by atoms with Crippen LogP contribution >= 0.6 is 0 Å². The number of methoxy groups -OCH3 is 1. The molecule has 2 N–H and O–H groups in total. The van der Waals surface area contributed by atoms with Gasteiger partial charge in [0, 0.05) is 6.54 Å². The van der Waals surface area contributed by atoms with E-state index in [4.69, 9.17) is 14.3 Å². The van der Waals surface area contributed by atoms with E-state index in [-0.39, 0.29) is 24.0 Å². The van der Waals surface area contributed by atoms with Crippen LogP contribution < -0.4 is 9.46 Å². The number of aliphatic hydroxyl groups is 1. The van der Waals surface area contributed by atoms with Gasteiger partial charge in [-0.15, -0.1) is 0 Å². The van der Waals surface area contributed by atoms with Crippen LogP contribution in [-0.4, -0.2) is 27.2 Å². The van der Waals surface area contributed by atoms with Gasteiger partial charge in [-0.25, -0.2) is 13.1 Å². The molecule has 2 aromatic rings. The number of sulfonamides is 1. The summed E-state index contributed by atoms with van der Waals surface area (Å²) in [6.07, 6.45) is 0.552. The SMILES string of the molecule is COc1ccc(CCNS(=O)(=O)c2ccc(CO)o2)cc1. The van der Waals surface area contributed by atoms with Crippen LogP contribution in [0.1, 0.15) is 11.3 Å². The largest absolute Gasteiger partial charge is 0.497 e. The number of rotatable bonds is 7. The lowest BCUT2D eigenvalue weighted by atomic mass is 10.1. The Hall–Kier alpha value is -1.83. The van der Waals surface area contributed by atoms with Crippen molar-refractivity contribution in [3.05, 3.63) is 47.7 Å². The Balaban J connectivity index is 1.92. The highest BCUT2D eigenvalue weighted by Crippen LogP contribution is 2.14. The first-order valence-corrected chi connectivity index (χ1v) is 7.85. The predicted octanol–water partition coefficient (Wildman–Crippen LogP) is 1.30. The van der Waals surface area contributed by atoms with E-state index < -0.39 is 10.0 Å². The minimum absolute atomic E-state index is 0.193. The summed E-state index contributed by atoms with van der Waals surface area (Å²) in [5.74, 6) is 0.969. The molecule has 1 aromatic heterocycles. The van der Waals surface area contributed by atoms with Crippen molar-refractivity contribution in [2.75, 3.05) is 13.7 Å². The van der Waals surface area contributed by atoms with Crippen LogP contribution in [0.15, 0.2) is 45.9 Å². The van der Waals surface area contributed by atoms with Crippen molar-refractivity contribution in [1.29, 1.82) is 0 Å². The Bertz CT molecular complexity index is 676. The zero-order chi connectivity index (χ0) is 15.3. The van der Waals surface area contributed by atoms with Crippen molar-refractivity contribution in [3.63, 3.8) is 0 Å². The van der Waals surface area contributed by atoms with E-state index >= 15 is 0 Å². The van der Waals surface area contributed by atoms with E-state index in [1.165, 1.54) is 12.1 Å². The highest BCUT2D eigenvalue weighted by molar-refractivity contribution is 7.89. The van der Waals surface area contributed by atoms with Gasteiger partial charge in [-0.2, -0.15) is 0 Å². The van der Waals surface area contributed by atoms with E-state index in [9.17, 15) is 8.42 Å². The van der Waals surface area contributed by atoms with E-state index in [1.807, 2.05) is 24.3 Å². The van der Waals surface area contributed by atoms with Crippen LogP contribution in [0, 0.1) is 0 Å². The molecule has 114 valence electrons. The van der Waals surface area contributed by atoms with Gasteiger partial charge in [0.15, 0.2) is 0 Å². The van der Waals surface area contributed by atoms with Crippen molar-refractivity contribution in [3.8, 4) is 5.75 Å². The number of hydrogen-bond acceptors (Lipinski definition) is 5. The summed E-state index contributed by atoms with van der Waals surface area (Å²) in [7, 11) is -2.09. The lowest BCUT2D eigenvalue weighted by molar-refractivity contribution is 0.236. The van der Waals surface area contributed by atoms with Gasteiger partial charge in [0.1, 0.15) is 18.1 Å². The molecule has 0 atom stereocenters. The summed E-state index contributed by atoms with van der Waals surface area (Å²) in [6, 6.07) is 10.2. The van der Waals surface area contributed by atoms with Gasteiger partial charge in [0.05, 0.1) is 7.11 Å². The van der Waals surface area contributed by atoms with Crippen molar-refractivity contribution < 1.29 is 22.7 Å². The third-order valence-corrected chi connectivity index (χ3v) is 4.26. The average Bonchev–Trinajstić information content (AvgIpc) is 2.98. The normalized spacial score (nSPS) is 11.5. The number of benzene rings is 1. The molecule has 7 heteroatoms. The van der Waals surface area contributed by atoms with Crippen LogP contribution in [0.5, 0.6) is 5.75 Å². The Kier molecular flexibility index (Phi) is 5.00. The molecular weight excluding hydrogens is 294 g/mol. The van der Waals surface area contributed by atoms with Crippen molar-refractivity contribution in [2.24, 2.45) is 0 Å². The molecule has 0 fully saturated rings. The fourth-order valence-electron chi connectivity index (χ4n) is 1.78. The molecule has 0 spiro atoms. The number of nitrogens with one attached hydrogen (secondary N) is 1. The summed E-state index contributed by atoms with van der Waals surface area (Å²) in [6.45, 7) is -0.0782. The second-order valence-corrected chi connectivity index (χ2v) is 6.07. The lowest BCUT2D eigenvalue weighted by Gasteiger charge is -2.05. The van der Waals surface area contributed by atoms with Crippen LogP contribution in [0.4, 0.5) is 0 Å². The molecular formula is C14H17NO5S. The average molecular weight is 311 g/mol. The fraction of sp³-hybridized carbons (Fsp3) is 0.286. The van der Waals surface area contributed by atoms with Crippen LogP contribution in [0.2, 0.25) is 0 Å². The summed E-state index contributed by atoms with van der Waals surface area (Å²) in [5.41, 5.74) is 0.994. The fourth-order valence-corrected chi connectivity index (χ4v) is 2.76. The first kappa shape index (κ1) is 15.6. The highest BCUT2D eigenvalue weighted by atomic mass is 32.2. The highest BCUT2D eigenvalue weighted by Gasteiger charge is 2.17. The van der Waals surface area contributed by atoms with Crippen molar-refractivity contribution >= 4 is 10.0 Å². The molecule has 2 rings (SSSR count). The Morgan fingerprint density at radius 2 is 1.90 bits per heavy atom. The lowest BCUT2D eigenvalue weighted by Crippen LogP contribution is -2.25. The summed E-state index contributed by atoms with van der Waals surface area (Å²) < 4.78 is 36.4. The first-order valence-electron chi connectivity index (χ1n) is 6.37. The smallest absolute Gasteiger partial charge is 0.273 e. The Morgan fingerprint density at radius 3 is 2.48 bits per heavy atom. The van der Waals surface area contributed by atoms with E-state index in [2.05, 4.69) is 4.72 Å². The van der Waals surface area contributed by atoms with E-state index in [1.54, 1.807) is 7.11 Å². The molecule has 0 bridgehead atoms. The Morgan fingerprint density at radius 1 is 1.19 bits per heavy atom. The molecule has 0 radical (unpaired) electrons. The molecule has 0 saturated heterocycles. The molecule has 0 saturated carbocycles. The standard InChI is InChI=1S/C14H17NO5S/c1-19-12-4-2-11(3-5-12)8-9-15-21(17,18)14-7-6-13(10-16)20-14/h2-7,15-16H,8-10H2,1H3. The van der Waals surface area contributed by atoms with Gasteiger partial charge >= 0.3 is 0 Å². The van der Waals surface area contributed by atoms with Crippen molar-refractivity contribution in [2.45, 2.75) is 18.1 Å². The van der Waals surface area contributed by atoms with Gasteiger partial charge in [-0.1, -0.05) is 12.1 Å². The third kappa shape index (κ3) is 4.07. The van der Waals surface area contributed by atoms with Gasteiger partial charge in [-0.05, 0) is 36.2 Å². The molecule has 0 aliphatic heterocycles. The minimum Gasteiger partial charge on any atom is -0.497 e. The zero-order valence-corrected chi connectivity index (χ0v) is 12.4. The summed E-state index contributed by atoms with van der Waals surface area (Å²) >= 11 is 0. The second-order valence-electron chi connectivity index (χ2n) is 4.37. The second kappa shape index (κ2) is 6.75. The van der Waals surface area contributed by atoms with Crippen LogP contribution in [0.3, 0.4) is 0 Å². The van der Waals surface area contributed by atoms with Crippen LogP contribution in [0.25, 0.3) is 0 Å². The monoisotopic (exact) mass is 311 g/mol. The quantitative estimate of drug-likeness (QED) is 0.804. The zero-order valence-electron chi connectivity index (χ0n) is 11.6. The van der Waals surface area contributed by atoms with Crippen molar-refractivity contribution in [1.82, 2.24) is 4.72 Å². The number of hydrogen-bond donors (Lipinski definition) is 2. The number of furan rings is 1. The maximum atomic E-state index is 11.9. The molecule has 0 unspecified atom stereocenters. The maximum absolute atomic E-state index is 11.9. The predicted molar refractivity (Wildman–Crippen MR) is 76.5 cm³/mol. The first-order chi connectivity index (χ1) is 10.0. The minimum atomic E-state index is -3.68. The van der Waals surface area contributed by atoms with E-state index in [0.29, 0.717) is 6.42 Å². The molecule has 0 amide bonds. The van der Waals surface area contributed by atoms with Gasteiger partial charge in [0.25, 0.3) is 10.0 Å². The summed E-state index contributed by atoms with van der Waals surface area (Å²) in [4.78, 5) is 0. The van der Waals surface area contributed by atoms with Gasteiger partial charge in [0.2, 0.25) is 5.09 Å². The molecule has 21 heavy (non-hydrogen) atoms. The summed E-state index contributed by atoms with van der Waals surface area (Å²) in [5, 5.41) is 8.67. The Labute approximate surface area is 123 Å². The molecule has 6 nitrogen and oxygen atoms in total. The molecule has 0 aliphatic rings. The van der Waals surface area contributed by atoms with Gasteiger partial charge in [-0.3, -0.25) is 0 Å². The molecule has 1 aromatic carbocycles. The van der Waals surface area contributed by atoms with Gasteiger partial charge < -0.3 is 14.3 Å². The van der Waals surface area contributed by atoms with Crippen LogP contribution in [-0.2, 0) is 23.1 Å². The molecule has 1 heterocycles. The van der Waals surface area contributed by atoms with E-state index in [0.717, 1.165) is 11.3 Å². The topological polar surface area (TPSA) is 88.8 Å². The number of aliphatic hydroxyl groups excluding tert-OH is 1. The third-order valence-electron chi connectivity index (χ3n) is 2.92. The molecule has 0 aliphatic carbocycles. The maximum Gasteiger partial charge on any atom is 0.273 e.